The van der Waals surface area contributed by atoms with E-state index in [-0.39, 0.29) is 6.04 Å². The number of likely N-dealkylation sites (tertiary alicyclic amines) is 1. The van der Waals surface area contributed by atoms with Crippen LogP contribution in [0, 0.1) is 6.92 Å². The normalized spacial score (nSPS) is 18.1. The summed E-state index contributed by atoms with van der Waals surface area (Å²) in [5.41, 5.74) is 7.80. The van der Waals surface area contributed by atoms with Crippen LogP contribution in [0.1, 0.15) is 36.2 Å². The number of nitrogen functional groups attached to an aromatic ring is 1. The first-order chi connectivity index (χ1) is 12.1. The highest BCUT2D eigenvalue weighted by molar-refractivity contribution is 5.53. The van der Waals surface area contributed by atoms with Crippen molar-refractivity contribution in [3.8, 4) is 11.5 Å². The minimum atomic E-state index is 0.180. The van der Waals surface area contributed by atoms with E-state index in [0.717, 1.165) is 48.8 Å². The molecule has 130 valence electrons. The first-order valence-corrected chi connectivity index (χ1v) is 8.54. The Morgan fingerprint density at radius 2 is 2.04 bits per heavy atom. The molecule has 0 bridgehead atoms. The highest BCUT2D eigenvalue weighted by Crippen LogP contribution is 2.32. The lowest BCUT2D eigenvalue weighted by Gasteiger charge is -2.21. The van der Waals surface area contributed by atoms with Gasteiger partial charge < -0.3 is 10.2 Å². The van der Waals surface area contributed by atoms with Gasteiger partial charge in [0.15, 0.2) is 5.82 Å². The Hall–Kier alpha value is -2.67. The molecule has 0 amide bonds. The van der Waals surface area contributed by atoms with Crippen molar-refractivity contribution >= 4 is 5.95 Å². The average molecular weight is 338 g/mol. The highest BCUT2D eigenvalue weighted by atomic mass is 16.4. The van der Waals surface area contributed by atoms with Gasteiger partial charge in [-0.15, -0.1) is 0 Å². The Balaban J connectivity index is 1.56. The van der Waals surface area contributed by atoms with Crippen LogP contribution in [0.2, 0.25) is 0 Å². The van der Waals surface area contributed by atoms with Crippen LogP contribution in [0.25, 0.3) is 11.5 Å². The number of nitrogens with zero attached hydrogens (tertiary/aromatic N) is 5. The molecule has 3 aromatic rings. The third kappa shape index (κ3) is 3.02. The lowest BCUT2D eigenvalue weighted by molar-refractivity contribution is 0.236. The minimum Gasteiger partial charge on any atom is -0.441 e. The van der Waals surface area contributed by atoms with Crippen molar-refractivity contribution in [1.29, 1.82) is 0 Å². The van der Waals surface area contributed by atoms with Crippen LogP contribution in [-0.4, -0.2) is 31.2 Å². The Morgan fingerprint density at radius 1 is 1.24 bits per heavy atom. The highest BCUT2D eigenvalue weighted by Gasteiger charge is 2.30. The molecule has 7 nitrogen and oxygen atoms in total. The van der Waals surface area contributed by atoms with Gasteiger partial charge in [-0.1, -0.05) is 18.2 Å². The summed E-state index contributed by atoms with van der Waals surface area (Å²) in [5.74, 6) is 2.77. The van der Waals surface area contributed by atoms with Crippen molar-refractivity contribution in [2.45, 2.75) is 32.4 Å². The molecule has 0 spiro atoms. The van der Waals surface area contributed by atoms with Gasteiger partial charge in [0.25, 0.3) is 0 Å². The van der Waals surface area contributed by atoms with Crippen molar-refractivity contribution in [2.24, 2.45) is 7.05 Å². The van der Waals surface area contributed by atoms with E-state index in [1.807, 2.05) is 44.3 Å². The molecular weight excluding hydrogens is 316 g/mol. The molecule has 1 aliphatic rings. The molecule has 1 atom stereocenters. The monoisotopic (exact) mass is 338 g/mol. The largest absolute Gasteiger partial charge is 0.441 e. The first kappa shape index (κ1) is 15.8. The van der Waals surface area contributed by atoms with E-state index in [9.17, 15) is 0 Å². The van der Waals surface area contributed by atoms with Gasteiger partial charge in [0.05, 0.1) is 11.7 Å². The van der Waals surface area contributed by atoms with E-state index in [1.54, 1.807) is 4.68 Å². The number of hydrogen-bond donors (Lipinski definition) is 1. The number of anilines is 1. The molecule has 0 aliphatic carbocycles. The average Bonchev–Trinajstić information content (AvgIpc) is 3.30. The fourth-order valence-electron chi connectivity index (χ4n) is 3.34. The lowest BCUT2D eigenvalue weighted by atomic mass is 10.2. The van der Waals surface area contributed by atoms with Gasteiger partial charge in [-0.3, -0.25) is 4.90 Å². The van der Waals surface area contributed by atoms with Gasteiger partial charge >= 0.3 is 0 Å². The molecule has 4 rings (SSSR count). The summed E-state index contributed by atoms with van der Waals surface area (Å²) in [6.45, 7) is 3.69. The molecule has 1 fully saturated rings. The first-order valence-electron chi connectivity index (χ1n) is 8.54. The molecule has 7 heteroatoms. The smallest absolute Gasteiger partial charge is 0.226 e. The lowest BCUT2D eigenvalue weighted by Crippen LogP contribution is -2.24. The SMILES string of the molecule is Cc1oc(-c2ccccc2)nc1CN1CCCC1c1nc(N)n(C)n1. The van der Waals surface area contributed by atoms with Gasteiger partial charge in [-0.05, 0) is 38.4 Å². The van der Waals surface area contributed by atoms with Crippen LogP contribution in [-0.2, 0) is 13.6 Å². The summed E-state index contributed by atoms with van der Waals surface area (Å²) in [4.78, 5) is 11.5. The molecule has 3 heterocycles. The van der Waals surface area contributed by atoms with E-state index >= 15 is 0 Å². The topological polar surface area (TPSA) is 86.0 Å². The molecule has 1 saturated heterocycles. The van der Waals surface area contributed by atoms with E-state index in [1.165, 1.54) is 0 Å². The minimum absolute atomic E-state index is 0.180. The number of aryl methyl sites for hydroxylation is 2. The zero-order chi connectivity index (χ0) is 17.4. The van der Waals surface area contributed by atoms with Gasteiger partial charge in [0.1, 0.15) is 5.76 Å². The Bertz CT molecular complexity index is 850. The standard InChI is InChI=1S/C18H22N6O/c1-12-14(20-17(25-12)13-7-4-3-5-8-13)11-24-10-6-9-15(24)16-21-18(19)23(2)22-16/h3-5,7-8,15H,6,9-11H2,1-2H3,(H2,19,21,22). The molecule has 1 unspecified atom stereocenters. The van der Waals surface area contributed by atoms with Crippen molar-refractivity contribution < 1.29 is 4.42 Å². The van der Waals surface area contributed by atoms with Gasteiger partial charge in [0.2, 0.25) is 11.8 Å². The molecular formula is C18H22N6O. The Labute approximate surface area is 146 Å². The summed E-state index contributed by atoms with van der Waals surface area (Å²) < 4.78 is 7.51. The fourth-order valence-corrected chi connectivity index (χ4v) is 3.34. The fraction of sp³-hybridized carbons (Fsp3) is 0.389. The van der Waals surface area contributed by atoms with Gasteiger partial charge in [-0.2, -0.15) is 10.1 Å². The quantitative estimate of drug-likeness (QED) is 0.787. The molecule has 1 aliphatic heterocycles. The number of nitrogens with two attached hydrogens (primary N) is 1. The molecule has 1 aromatic carbocycles. The molecule has 25 heavy (non-hydrogen) atoms. The van der Waals surface area contributed by atoms with Crippen LogP contribution in [0.15, 0.2) is 34.7 Å². The van der Waals surface area contributed by atoms with Crippen molar-refractivity contribution in [3.05, 3.63) is 47.6 Å². The number of aromatic nitrogens is 4. The third-order valence-corrected chi connectivity index (χ3v) is 4.74. The van der Waals surface area contributed by atoms with Gasteiger partial charge in [-0.25, -0.2) is 9.67 Å². The number of hydrogen-bond acceptors (Lipinski definition) is 6. The molecule has 2 aromatic heterocycles. The van der Waals surface area contributed by atoms with Crippen LogP contribution >= 0.6 is 0 Å². The predicted molar refractivity (Wildman–Crippen MR) is 94.5 cm³/mol. The van der Waals surface area contributed by atoms with Crippen molar-refractivity contribution in [2.75, 3.05) is 12.3 Å². The van der Waals surface area contributed by atoms with Crippen molar-refractivity contribution in [1.82, 2.24) is 24.6 Å². The maximum absolute atomic E-state index is 5.88. The van der Waals surface area contributed by atoms with Crippen LogP contribution in [0.3, 0.4) is 0 Å². The molecule has 2 N–H and O–H groups in total. The van der Waals surface area contributed by atoms with E-state index in [2.05, 4.69) is 15.0 Å². The summed E-state index contributed by atoms with van der Waals surface area (Å²) in [5, 5.41) is 4.45. The van der Waals surface area contributed by atoms with Crippen LogP contribution < -0.4 is 5.73 Å². The van der Waals surface area contributed by atoms with Crippen molar-refractivity contribution in [3.63, 3.8) is 0 Å². The van der Waals surface area contributed by atoms with Crippen LogP contribution in [0.5, 0.6) is 0 Å². The molecule has 0 saturated carbocycles. The summed E-state index contributed by atoms with van der Waals surface area (Å²) in [6.07, 6.45) is 2.15. The number of oxazole rings is 1. The number of rotatable bonds is 4. The maximum atomic E-state index is 5.88. The van der Waals surface area contributed by atoms with Crippen LogP contribution in [0.4, 0.5) is 5.95 Å². The van der Waals surface area contributed by atoms with E-state index in [0.29, 0.717) is 11.8 Å². The second kappa shape index (κ2) is 6.33. The zero-order valence-corrected chi connectivity index (χ0v) is 14.5. The summed E-state index contributed by atoms with van der Waals surface area (Å²) in [6, 6.07) is 10.2. The second-order valence-corrected chi connectivity index (χ2v) is 6.47. The summed E-state index contributed by atoms with van der Waals surface area (Å²) >= 11 is 0. The van der Waals surface area contributed by atoms with E-state index in [4.69, 9.17) is 15.1 Å². The second-order valence-electron chi connectivity index (χ2n) is 6.47. The predicted octanol–water partition coefficient (Wildman–Crippen LogP) is 2.70. The number of benzene rings is 1. The van der Waals surface area contributed by atoms with E-state index < -0.39 is 0 Å². The zero-order valence-electron chi connectivity index (χ0n) is 14.5. The maximum Gasteiger partial charge on any atom is 0.226 e. The summed E-state index contributed by atoms with van der Waals surface area (Å²) in [7, 11) is 1.82. The molecule has 0 radical (unpaired) electrons. The Kier molecular flexibility index (Phi) is 4.01. The Morgan fingerprint density at radius 3 is 2.76 bits per heavy atom. The van der Waals surface area contributed by atoms with Gasteiger partial charge in [0, 0.05) is 19.2 Å². The third-order valence-electron chi connectivity index (χ3n) is 4.74.